The summed E-state index contributed by atoms with van der Waals surface area (Å²) in [5.74, 6) is 8.49. The van der Waals surface area contributed by atoms with Gasteiger partial charge in [0.1, 0.15) is 0 Å². The Labute approximate surface area is 167 Å². The van der Waals surface area contributed by atoms with Crippen LogP contribution in [0.25, 0.3) is 0 Å². The molecule has 0 amide bonds. The van der Waals surface area contributed by atoms with Gasteiger partial charge in [0.15, 0.2) is 0 Å². The Morgan fingerprint density at radius 3 is 1.46 bits per heavy atom. The molecule has 0 aromatic rings. The summed E-state index contributed by atoms with van der Waals surface area (Å²) in [4.78, 5) is 0. The molecule has 0 rings (SSSR count). The Kier molecular flexibility index (Phi) is 20.5. The Hall–Kier alpha value is -0.440. The first-order valence-electron chi connectivity index (χ1n) is 12.2. The number of rotatable bonds is 18. The molecule has 0 aromatic heterocycles. The Balaban J connectivity index is 3.24. The van der Waals surface area contributed by atoms with Gasteiger partial charge in [0, 0.05) is 12.8 Å². The molecule has 0 saturated heterocycles. The van der Waals surface area contributed by atoms with Crippen LogP contribution in [0.1, 0.15) is 143 Å². The van der Waals surface area contributed by atoms with Gasteiger partial charge in [-0.3, -0.25) is 0 Å². The van der Waals surface area contributed by atoms with Gasteiger partial charge in [-0.25, -0.2) is 0 Å². The van der Waals surface area contributed by atoms with Crippen molar-refractivity contribution >= 4 is 0 Å². The summed E-state index contributed by atoms with van der Waals surface area (Å²) in [7, 11) is 0. The molecule has 0 N–H and O–H groups in total. The normalized spacial score (nSPS) is 13.2. The topological polar surface area (TPSA) is 0 Å². The average molecular weight is 363 g/mol. The lowest BCUT2D eigenvalue weighted by atomic mass is 9.90. The second-order valence-corrected chi connectivity index (χ2v) is 8.77. The van der Waals surface area contributed by atoms with Crippen molar-refractivity contribution in [3.63, 3.8) is 0 Å². The zero-order valence-electron chi connectivity index (χ0n) is 18.9. The molecule has 0 fully saturated rings. The standard InChI is InChI=1S/C26H50/c1-5-7-9-10-11-12-13-14-15-16-17-18-19-20-21-23-26(4)24-25(3)22-8-6-2/h25-26H,5-9,12-24H2,1-4H3. The molecule has 0 heteroatoms. The van der Waals surface area contributed by atoms with Crippen molar-refractivity contribution in [1.82, 2.24) is 0 Å². The maximum absolute atomic E-state index is 3.33. The van der Waals surface area contributed by atoms with Crippen molar-refractivity contribution in [2.45, 2.75) is 143 Å². The first kappa shape index (κ1) is 25.6. The smallest absolute Gasteiger partial charge is 0.00886 e. The molecule has 0 radical (unpaired) electrons. The van der Waals surface area contributed by atoms with E-state index in [4.69, 9.17) is 0 Å². The molecule has 154 valence electrons. The third-order valence-corrected chi connectivity index (χ3v) is 5.63. The van der Waals surface area contributed by atoms with E-state index < -0.39 is 0 Å². The highest BCUT2D eigenvalue weighted by Crippen LogP contribution is 2.22. The van der Waals surface area contributed by atoms with Crippen LogP contribution in [0.5, 0.6) is 0 Å². The maximum Gasteiger partial charge on any atom is 0.00886 e. The zero-order chi connectivity index (χ0) is 19.3. The van der Waals surface area contributed by atoms with Crippen molar-refractivity contribution < 1.29 is 0 Å². The summed E-state index contributed by atoms with van der Waals surface area (Å²) in [5.41, 5.74) is 0. The van der Waals surface area contributed by atoms with Gasteiger partial charge in [0.25, 0.3) is 0 Å². The Morgan fingerprint density at radius 1 is 0.500 bits per heavy atom. The molecule has 0 aromatic carbocycles. The molecule has 0 nitrogen and oxygen atoms in total. The Bertz CT molecular complexity index is 319. The second-order valence-electron chi connectivity index (χ2n) is 8.77. The lowest BCUT2D eigenvalue weighted by molar-refractivity contribution is 0.359. The van der Waals surface area contributed by atoms with E-state index in [9.17, 15) is 0 Å². The quantitative estimate of drug-likeness (QED) is 0.168. The highest BCUT2D eigenvalue weighted by molar-refractivity contribution is 4.98. The highest BCUT2D eigenvalue weighted by atomic mass is 14.1. The van der Waals surface area contributed by atoms with Crippen molar-refractivity contribution in [3.05, 3.63) is 0 Å². The molecule has 2 unspecified atom stereocenters. The number of unbranched alkanes of at least 4 members (excludes halogenated alkanes) is 12. The van der Waals surface area contributed by atoms with Gasteiger partial charge in [0.05, 0.1) is 0 Å². The fourth-order valence-corrected chi connectivity index (χ4v) is 3.86. The van der Waals surface area contributed by atoms with Crippen molar-refractivity contribution in [2.24, 2.45) is 11.8 Å². The minimum Gasteiger partial charge on any atom is -0.103 e. The highest BCUT2D eigenvalue weighted by Gasteiger charge is 2.08. The third-order valence-electron chi connectivity index (χ3n) is 5.63. The fraction of sp³-hybridized carbons (Fsp3) is 0.923. The molecule has 0 bridgehead atoms. The van der Waals surface area contributed by atoms with Crippen LogP contribution in [0.15, 0.2) is 0 Å². The van der Waals surface area contributed by atoms with Crippen LogP contribution in [0, 0.1) is 23.7 Å². The lowest BCUT2D eigenvalue weighted by Gasteiger charge is -2.16. The first-order valence-corrected chi connectivity index (χ1v) is 12.2. The van der Waals surface area contributed by atoms with E-state index in [-0.39, 0.29) is 0 Å². The molecule has 0 aliphatic heterocycles. The summed E-state index contributed by atoms with van der Waals surface area (Å²) in [6, 6.07) is 0. The summed E-state index contributed by atoms with van der Waals surface area (Å²) in [6.07, 6.45) is 24.7. The molecule has 0 heterocycles. The summed E-state index contributed by atoms with van der Waals surface area (Å²) in [6.45, 7) is 9.46. The van der Waals surface area contributed by atoms with Crippen LogP contribution in [0.2, 0.25) is 0 Å². The van der Waals surface area contributed by atoms with Crippen LogP contribution >= 0.6 is 0 Å². The first-order chi connectivity index (χ1) is 12.7. The van der Waals surface area contributed by atoms with E-state index in [0.717, 1.165) is 24.7 Å². The van der Waals surface area contributed by atoms with E-state index in [0.29, 0.717) is 0 Å². The van der Waals surface area contributed by atoms with Crippen LogP contribution in [0.4, 0.5) is 0 Å². The lowest BCUT2D eigenvalue weighted by Crippen LogP contribution is -2.03. The largest absolute Gasteiger partial charge is 0.103 e. The van der Waals surface area contributed by atoms with Gasteiger partial charge in [-0.1, -0.05) is 111 Å². The van der Waals surface area contributed by atoms with E-state index in [2.05, 4.69) is 39.5 Å². The number of hydrogen-bond acceptors (Lipinski definition) is 0. The van der Waals surface area contributed by atoms with Crippen LogP contribution in [0.3, 0.4) is 0 Å². The van der Waals surface area contributed by atoms with Crippen LogP contribution in [-0.2, 0) is 0 Å². The predicted octanol–water partition coefficient (Wildman–Crippen LogP) is 9.32. The minimum atomic E-state index is 0.937. The summed E-state index contributed by atoms with van der Waals surface area (Å²) < 4.78 is 0. The van der Waals surface area contributed by atoms with Crippen LogP contribution < -0.4 is 0 Å². The van der Waals surface area contributed by atoms with Gasteiger partial charge < -0.3 is 0 Å². The molecule has 26 heavy (non-hydrogen) atoms. The predicted molar refractivity (Wildman–Crippen MR) is 121 cm³/mol. The van der Waals surface area contributed by atoms with Crippen LogP contribution in [-0.4, -0.2) is 0 Å². The maximum atomic E-state index is 3.33. The molecule has 0 aliphatic rings. The van der Waals surface area contributed by atoms with Gasteiger partial charge in [0.2, 0.25) is 0 Å². The van der Waals surface area contributed by atoms with E-state index in [1.165, 1.54) is 103 Å². The van der Waals surface area contributed by atoms with Gasteiger partial charge in [-0.15, -0.1) is 11.8 Å². The molecule has 0 saturated carbocycles. The van der Waals surface area contributed by atoms with Crippen molar-refractivity contribution in [2.75, 3.05) is 0 Å². The molecule has 0 spiro atoms. The molecule has 2 atom stereocenters. The second kappa shape index (κ2) is 20.9. The third kappa shape index (κ3) is 19.9. The fourth-order valence-electron chi connectivity index (χ4n) is 3.86. The number of hydrogen-bond donors (Lipinski definition) is 0. The monoisotopic (exact) mass is 362 g/mol. The van der Waals surface area contributed by atoms with E-state index in [1.807, 2.05) is 0 Å². The Morgan fingerprint density at radius 2 is 0.923 bits per heavy atom. The summed E-state index contributed by atoms with van der Waals surface area (Å²) >= 11 is 0. The molecular weight excluding hydrogens is 312 g/mol. The van der Waals surface area contributed by atoms with Gasteiger partial charge in [-0.2, -0.15) is 0 Å². The molecule has 0 aliphatic carbocycles. The van der Waals surface area contributed by atoms with E-state index >= 15 is 0 Å². The van der Waals surface area contributed by atoms with Gasteiger partial charge >= 0.3 is 0 Å². The average Bonchev–Trinajstić information content (AvgIpc) is 2.63. The van der Waals surface area contributed by atoms with Crippen molar-refractivity contribution in [1.29, 1.82) is 0 Å². The van der Waals surface area contributed by atoms with Gasteiger partial charge in [-0.05, 0) is 31.1 Å². The summed E-state index contributed by atoms with van der Waals surface area (Å²) in [5, 5.41) is 0. The SMILES string of the molecule is CCCCC#CCCCCCCCCCCCC(C)CC(C)CCCC. The zero-order valence-corrected chi connectivity index (χ0v) is 18.9. The minimum absolute atomic E-state index is 0.937. The van der Waals surface area contributed by atoms with E-state index in [1.54, 1.807) is 0 Å². The molecular formula is C26H50. The van der Waals surface area contributed by atoms with Crippen molar-refractivity contribution in [3.8, 4) is 11.8 Å².